The van der Waals surface area contributed by atoms with Gasteiger partial charge in [0.25, 0.3) is 0 Å². The van der Waals surface area contributed by atoms with Crippen molar-refractivity contribution < 1.29 is 13.9 Å². The second-order valence-electron chi connectivity index (χ2n) is 9.10. The molecular formula is C26H27FN6O2. The van der Waals surface area contributed by atoms with E-state index in [-0.39, 0.29) is 5.82 Å². The Labute approximate surface area is 202 Å². The van der Waals surface area contributed by atoms with Crippen molar-refractivity contribution in [2.24, 2.45) is 5.92 Å². The summed E-state index contributed by atoms with van der Waals surface area (Å²) >= 11 is 0. The summed E-state index contributed by atoms with van der Waals surface area (Å²) in [6.07, 6.45) is 4.51. The van der Waals surface area contributed by atoms with Gasteiger partial charge in [-0.3, -0.25) is 9.48 Å². The Hall–Kier alpha value is -3.88. The van der Waals surface area contributed by atoms with Crippen LogP contribution in [-0.4, -0.2) is 35.5 Å². The summed E-state index contributed by atoms with van der Waals surface area (Å²) in [6, 6.07) is 8.35. The summed E-state index contributed by atoms with van der Waals surface area (Å²) in [5, 5.41) is 9.42. The van der Waals surface area contributed by atoms with Crippen LogP contribution < -0.4 is 4.74 Å². The highest BCUT2D eigenvalue weighted by molar-refractivity contribution is 5.70. The molecule has 0 aliphatic heterocycles. The van der Waals surface area contributed by atoms with Crippen LogP contribution in [0.2, 0.25) is 0 Å². The van der Waals surface area contributed by atoms with Gasteiger partial charge in [-0.2, -0.15) is 10.2 Å². The second kappa shape index (κ2) is 9.05. The number of carbonyl (C=O) groups is 1. The SMILES string of the molecule is CC(=O)Oc1c(C)nn(-c2cc(Cc3c(C)c(-c4ccc(F)cc4)nn3CC3CC3)ncn2)c1C. The Balaban J connectivity index is 1.49. The number of rotatable bonds is 7. The zero-order valence-electron chi connectivity index (χ0n) is 20.2. The average Bonchev–Trinajstić information content (AvgIpc) is 3.55. The van der Waals surface area contributed by atoms with Gasteiger partial charge < -0.3 is 4.74 Å². The first kappa shape index (κ1) is 22.9. The zero-order chi connectivity index (χ0) is 24.7. The van der Waals surface area contributed by atoms with E-state index in [9.17, 15) is 9.18 Å². The highest BCUT2D eigenvalue weighted by Crippen LogP contribution is 2.33. The summed E-state index contributed by atoms with van der Waals surface area (Å²) in [6.45, 7) is 7.91. The molecule has 0 saturated heterocycles. The zero-order valence-corrected chi connectivity index (χ0v) is 20.2. The van der Waals surface area contributed by atoms with E-state index in [0.717, 1.165) is 34.8 Å². The van der Waals surface area contributed by atoms with Crippen molar-refractivity contribution in [3.05, 3.63) is 70.8 Å². The number of hydrogen-bond donors (Lipinski definition) is 0. The number of esters is 1. The average molecular weight is 475 g/mol. The van der Waals surface area contributed by atoms with Gasteiger partial charge in [0.2, 0.25) is 0 Å². The third kappa shape index (κ3) is 4.71. The smallest absolute Gasteiger partial charge is 0.308 e. The van der Waals surface area contributed by atoms with Crippen LogP contribution in [0.3, 0.4) is 0 Å². The first-order valence-electron chi connectivity index (χ1n) is 11.7. The van der Waals surface area contributed by atoms with Crippen molar-refractivity contribution in [3.8, 4) is 22.8 Å². The van der Waals surface area contributed by atoms with Crippen molar-refractivity contribution >= 4 is 5.97 Å². The quantitative estimate of drug-likeness (QED) is 0.366. The third-order valence-corrected chi connectivity index (χ3v) is 6.31. The van der Waals surface area contributed by atoms with E-state index in [4.69, 9.17) is 9.84 Å². The van der Waals surface area contributed by atoms with Gasteiger partial charge in [0.1, 0.15) is 17.8 Å². The van der Waals surface area contributed by atoms with E-state index in [1.54, 1.807) is 23.7 Å². The molecule has 0 N–H and O–H groups in total. The molecule has 9 heteroatoms. The summed E-state index contributed by atoms with van der Waals surface area (Å²) in [4.78, 5) is 20.4. The molecule has 0 radical (unpaired) electrons. The fraction of sp³-hybridized carbons (Fsp3) is 0.346. The highest BCUT2D eigenvalue weighted by atomic mass is 19.1. The number of carbonyl (C=O) groups excluding carboxylic acids is 1. The molecule has 3 aromatic heterocycles. The van der Waals surface area contributed by atoms with Crippen LogP contribution in [-0.2, 0) is 17.8 Å². The lowest BCUT2D eigenvalue weighted by Gasteiger charge is -2.09. The standard InChI is InChI=1S/C26H27FN6O2/c1-15-23(32(13-19-5-6-19)31-25(15)20-7-9-21(27)10-8-20)11-22-12-24(29-14-28-22)33-17(3)26(16(2)30-33)35-18(4)34/h7-10,12,14,19H,5-6,11,13H2,1-4H3. The predicted molar refractivity (Wildman–Crippen MR) is 128 cm³/mol. The largest absolute Gasteiger partial charge is 0.423 e. The number of aromatic nitrogens is 6. The Morgan fingerprint density at radius 1 is 1.11 bits per heavy atom. The lowest BCUT2D eigenvalue weighted by Crippen LogP contribution is -2.10. The molecule has 0 unspecified atom stereocenters. The summed E-state index contributed by atoms with van der Waals surface area (Å²) in [5.74, 6) is 1.03. The molecule has 35 heavy (non-hydrogen) atoms. The normalized spacial score (nSPS) is 13.3. The van der Waals surface area contributed by atoms with E-state index >= 15 is 0 Å². The minimum absolute atomic E-state index is 0.265. The second-order valence-corrected chi connectivity index (χ2v) is 9.10. The van der Waals surface area contributed by atoms with Gasteiger partial charge in [-0.1, -0.05) is 0 Å². The van der Waals surface area contributed by atoms with Crippen LogP contribution in [0.1, 0.15) is 48.1 Å². The van der Waals surface area contributed by atoms with Crippen LogP contribution in [0, 0.1) is 32.5 Å². The molecule has 180 valence electrons. The summed E-state index contributed by atoms with van der Waals surface area (Å²) in [5.41, 5.74) is 6.01. The van der Waals surface area contributed by atoms with Gasteiger partial charge in [0.05, 0.1) is 17.1 Å². The number of aryl methyl sites for hydroxylation is 1. The van der Waals surface area contributed by atoms with E-state index in [1.807, 2.05) is 13.0 Å². The van der Waals surface area contributed by atoms with Crippen molar-refractivity contribution in [1.82, 2.24) is 29.5 Å². The third-order valence-electron chi connectivity index (χ3n) is 6.31. The lowest BCUT2D eigenvalue weighted by molar-refractivity contribution is -0.131. The number of ether oxygens (including phenoxy) is 1. The molecule has 3 heterocycles. The molecule has 1 aliphatic rings. The molecule has 1 saturated carbocycles. The van der Waals surface area contributed by atoms with E-state index in [0.29, 0.717) is 35.3 Å². The lowest BCUT2D eigenvalue weighted by atomic mass is 10.0. The summed E-state index contributed by atoms with van der Waals surface area (Å²) < 4.78 is 22.6. The molecular weight excluding hydrogens is 447 g/mol. The molecule has 0 atom stereocenters. The van der Waals surface area contributed by atoms with Crippen molar-refractivity contribution in [2.45, 2.75) is 53.5 Å². The maximum atomic E-state index is 13.5. The fourth-order valence-electron chi connectivity index (χ4n) is 4.30. The first-order valence-corrected chi connectivity index (χ1v) is 11.7. The Bertz CT molecular complexity index is 1400. The minimum Gasteiger partial charge on any atom is -0.423 e. The van der Waals surface area contributed by atoms with Gasteiger partial charge in [0, 0.05) is 37.2 Å². The van der Waals surface area contributed by atoms with Crippen LogP contribution in [0.5, 0.6) is 5.75 Å². The Morgan fingerprint density at radius 3 is 2.54 bits per heavy atom. The van der Waals surface area contributed by atoms with Gasteiger partial charge >= 0.3 is 5.97 Å². The number of hydrogen-bond acceptors (Lipinski definition) is 6. The number of halogens is 1. The van der Waals surface area contributed by atoms with Crippen molar-refractivity contribution in [3.63, 3.8) is 0 Å². The van der Waals surface area contributed by atoms with Crippen LogP contribution in [0.15, 0.2) is 36.7 Å². The first-order chi connectivity index (χ1) is 16.8. The monoisotopic (exact) mass is 474 g/mol. The van der Waals surface area contributed by atoms with Crippen molar-refractivity contribution in [2.75, 3.05) is 0 Å². The maximum absolute atomic E-state index is 13.5. The molecule has 1 fully saturated rings. The van der Waals surface area contributed by atoms with Gasteiger partial charge in [-0.15, -0.1) is 0 Å². The minimum atomic E-state index is -0.393. The summed E-state index contributed by atoms with van der Waals surface area (Å²) in [7, 11) is 0. The molecule has 0 bridgehead atoms. The van der Waals surface area contributed by atoms with Gasteiger partial charge in [-0.05, 0) is 69.4 Å². The molecule has 4 aromatic rings. The topological polar surface area (TPSA) is 87.7 Å². The molecule has 8 nitrogen and oxygen atoms in total. The van der Waals surface area contributed by atoms with Gasteiger partial charge in [-0.25, -0.2) is 19.0 Å². The molecule has 1 aliphatic carbocycles. The van der Waals surface area contributed by atoms with Crippen LogP contribution in [0.25, 0.3) is 17.1 Å². The fourth-order valence-corrected chi connectivity index (χ4v) is 4.30. The van der Waals surface area contributed by atoms with Crippen molar-refractivity contribution in [1.29, 1.82) is 0 Å². The highest BCUT2D eigenvalue weighted by Gasteiger charge is 2.26. The number of benzene rings is 1. The number of nitrogens with zero attached hydrogens (tertiary/aromatic N) is 6. The maximum Gasteiger partial charge on any atom is 0.308 e. The van der Waals surface area contributed by atoms with Crippen LogP contribution in [0.4, 0.5) is 4.39 Å². The molecule has 0 spiro atoms. The van der Waals surface area contributed by atoms with E-state index < -0.39 is 5.97 Å². The van der Waals surface area contributed by atoms with E-state index in [2.05, 4.69) is 26.7 Å². The van der Waals surface area contributed by atoms with E-state index in [1.165, 1.54) is 38.2 Å². The molecule has 1 aromatic carbocycles. The molecule has 0 amide bonds. The van der Waals surface area contributed by atoms with Crippen LogP contribution >= 0.6 is 0 Å². The van der Waals surface area contributed by atoms with Gasteiger partial charge in [0.15, 0.2) is 11.6 Å². The Kier molecular flexibility index (Phi) is 5.92. The predicted octanol–water partition coefficient (Wildman–Crippen LogP) is 4.52. The molecule has 5 rings (SSSR count). The Morgan fingerprint density at radius 2 is 1.86 bits per heavy atom.